The molecule has 1 amide bonds. The van der Waals surface area contributed by atoms with Crippen molar-refractivity contribution >= 4 is 39.8 Å². The van der Waals surface area contributed by atoms with Gasteiger partial charge < -0.3 is 14.4 Å². The molecule has 5 rings (SSSR count). The van der Waals surface area contributed by atoms with E-state index in [-0.39, 0.29) is 17.3 Å². The summed E-state index contributed by atoms with van der Waals surface area (Å²) in [6.45, 7) is 0.538. The molecule has 0 fully saturated rings. The quantitative estimate of drug-likeness (QED) is 0.202. The number of esters is 1. The summed E-state index contributed by atoms with van der Waals surface area (Å²) in [6, 6.07) is 25.9. The van der Waals surface area contributed by atoms with Crippen molar-refractivity contribution in [2.24, 2.45) is 5.10 Å². The number of aromatic hydroxyl groups is 1. The smallest absolute Gasteiger partial charge is 0.337 e. The van der Waals surface area contributed by atoms with Crippen LogP contribution < -0.4 is 5.43 Å². The number of ether oxygens (including phenoxy) is 1. The second kappa shape index (κ2) is 9.76. The Labute approximate surface area is 207 Å². The molecule has 0 saturated carbocycles. The van der Waals surface area contributed by atoms with Gasteiger partial charge in [-0.3, -0.25) is 4.79 Å². The lowest BCUT2D eigenvalue weighted by atomic mass is 10.1. The van der Waals surface area contributed by atoms with Crippen LogP contribution in [-0.2, 0) is 11.3 Å². The molecule has 1 aromatic heterocycles. The standard InChI is InChI=1S/C29H23N3O4/c1-36-29(35)21-9-6-7-19(15-21)17-32-18-22(23-10-4-5-12-26(23)32)16-30-31-28(34)25-14-13-20-8-2-3-11-24(20)27(25)33/h2-16,18,33H,17H2,1H3,(H,31,34)/b30-16+. The lowest BCUT2D eigenvalue weighted by molar-refractivity contribution is 0.0600. The first kappa shape index (κ1) is 22.9. The van der Waals surface area contributed by atoms with Gasteiger partial charge in [-0.15, -0.1) is 0 Å². The topological polar surface area (TPSA) is 92.9 Å². The number of hydrazone groups is 1. The normalized spacial score (nSPS) is 11.2. The number of phenolic OH excluding ortho intramolecular Hbond substituents is 1. The number of amides is 1. The van der Waals surface area contributed by atoms with Gasteiger partial charge in [0.05, 0.1) is 24.5 Å². The van der Waals surface area contributed by atoms with Crippen molar-refractivity contribution in [3.63, 3.8) is 0 Å². The van der Waals surface area contributed by atoms with Gasteiger partial charge in [-0.05, 0) is 35.2 Å². The zero-order valence-electron chi connectivity index (χ0n) is 19.5. The Morgan fingerprint density at radius 1 is 0.972 bits per heavy atom. The minimum absolute atomic E-state index is 0.0772. The Hall–Kier alpha value is -4.91. The number of carbonyl (C=O) groups excluding carboxylic acids is 2. The number of hydrogen-bond acceptors (Lipinski definition) is 5. The fraction of sp³-hybridized carbons (Fsp3) is 0.0690. The molecule has 7 nitrogen and oxygen atoms in total. The summed E-state index contributed by atoms with van der Waals surface area (Å²) in [5.74, 6) is -0.959. The van der Waals surface area contributed by atoms with Gasteiger partial charge in [0.1, 0.15) is 5.75 Å². The van der Waals surface area contributed by atoms with Gasteiger partial charge in [0.2, 0.25) is 0 Å². The van der Waals surface area contributed by atoms with Crippen LogP contribution in [0.5, 0.6) is 5.75 Å². The molecular formula is C29H23N3O4. The van der Waals surface area contributed by atoms with Crippen LogP contribution in [0.4, 0.5) is 0 Å². The van der Waals surface area contributed by atoms with Crippen LogP contribution in [0, 0.1) is 0 Å². The zero-order chi connectivity index (χ0) is 25.1. The number of nitrogens with one attached hydrogen (secondary N) is 1. The number of hydrogen-bond donors (Lipinski definition) is 2. The van der Waals surface area contributed by atoms with Crippen molar-refractivity contribution in [3.8, 4) is 5.75 Å². The van der Waals surface area contributed by atoms with Gasteiger partial charge in [-0.2, -0.15) is 5.10 Å². The van der Waals surface area contributed by atoms with E-state index in [1.165, 1.54) is 7.11 Å². The molecule has 0 saturated heterocycles. The number of rotatable bonds is 6. The third-order valence-electron chi connectivity index (χ3n) is 6.04. The van der Waals surface area contributed by atoms with Gasteiger partial charge in [0.25, 0.3) is 5.91 Å². The first-order valence-corrected chi connectivity index (χ1v) is 11.3. The Bertz CT molecular complexity index is 1630. The van der Waals surface area contributed by atoms with E-state index in [0.29, 0.717) is 17.5 Å². The van der Waals surface area contributed by atoms with Crippen LogP contribution in [0.15, 0.2) is 96.2 Å². The third kappa shape index (κ3) is 4.42. The van der Waals surface area contributed by atoms with Gasteiger partial charge in [-0.1, -0.05) is 60.7 Å². The van der Waals surface area contributed by atoms with Crippen LogP contribution in [-0.4, -0.2) is 34.9 Å². The van der Waals surface area contributed by atoms with Gasteiger partial charge in [0, 0.05) is 34.6 Å². The van der Waals surface area contributed by atoms with Crippen LogP contribution in [0.2, 0.25) is 0 Å². The van der Waals surface area contributed by atoms with E-state index in [1.807, 2.05) is 66.9 Å². The van der Waals surface area contributed by atoms with Crippen molar-refractivity contribution in [2.75, 3.05) is 7.11 Å². The molecule has 36 heavy (non-hydrogen) atoms. The van der Waals surface area contributed by atoms with Crippen molar-refractivity contribution < 1.29 is 19.4 Å². The van der Waals surface area contributed by atoms with Crippen LogP contribution in [0.3, 0.4) is 0 Å². The number of fused-ring (bicyclic) bond motifs is 2. The lowest BCUT2D eigenvalue weighted by Gasteiger charge is -2.07. The maximum atomic E-state index is 12.7. The minimum Gasteiger partial charge on any atom is -0.506 e. The highest BCUT2D eigenvalue weighted by Crippen LogP contribution is 2.28. The molecule has 7 heteroatoms. The zero-order valence-corrected chi connectivity index (χ0v) is 19.5. The number of carbonyl (C=O) groups is 2. The summed E-state index contributed by atoms with van der Waals surface area (Å²) in [7, 11) is 1.36. The minimum atomic E-state index is -0.502. The predicted octanol–water partition coefficient (Wildman–Crippen LogP) is 5.10. The number of para-hydroxylation sites is 1. The Balaban J connectivity index is 1.39. The van der Waals surface area contributed by atoms with E-state index < -0.39 is 5.91 Å². The second-order valence-electron chi connectivity index (χ2n) is 8.30. The van der Waals surface area contributed by atoms with Crippen molar-refractivity contribution in [2.45, 2.75) is 6.54 Å². The number of benzene rings is 4. The molecule has 0 spiro atoms. The van der Waals surface area contributed by atoms with Crippen molar-refractivity contribution in [1.82, 2.24) is 9.99 Å². The van der Waals surface area contributed by atoms with E-state index in [2.05, 4.69) is 15.1 Å². The van der Waals surface area contributed by atoms with Crippen LogP contribution in [0.1, 0.15) is 31.8 Å². The molecule has 0 aliphatic rings. The predicted molar refractivity (Wildman–Crippen MR) is 139 cm³/mol. The number of nitrogens with zero attached hydrogens (tertiary/aromatic N) is 2. The highest BCUT2D eigenvalue weighted by molar-refractivity contribution is 6.04. The molecule has 0 aliphatic heterocycles. The molecule has 0 aliphatic carbocycles. The summed E-state index contributed by atoms with van der Waals surface area (Å²) in [6.07, 6.45) is 3.53. The lowest BCUT2D eigenvalue weighted by Crippen LogP contribution is -2.17. The summed E-state index contributed by atoms with van der Waals surface area (Å²) in [4.78, 5) is 24.6. The molecule has 0 unspecified atom stereocenters. The second-order valence-corrected chi connectivity index (χ2v) is 8.30. The van der Waals surface area contributed by atoms with Gasteiger partial charge in [0.15, 0.2) is 0 Å². The molecule has 0 radical (unpaired) electrons. The molecule has 5 aromatic rings. The van der Waals surface area contributed by atoms with Gasteiger partial charge >= 0.3 is 5.97 Å². The van der Waals surface area contributed by atoms with Crippen LogP contribution >= 0.6 is 0 Å². The maximum absolute atomic E-state index is 12.7. The fourth-order valence-electron chi connectivity index (χ4n) is 4.28. The van der Waals surface area contributed by atoms with E-state index in [9.17, 15) is 14.7 Å². The maximum Gasteiger partial charge on any atom is 0.337 e. The molecule has 4 aromatic carbocycles. The summed E-state index contributed by atoms with van der Waals surface area (Å²) in [5.41, 5.74) is 5.91. The summed E-state index contributed by atoms with van der Waals surface area (Å²) >= 11 is 0. The molecule has 178 valence electrons. The van der Waals surface area contributed by atoms with E-state index >= 15 is 0 Å². The van der Waals surface area contributed by atoms with Crippen LogP contribution in [0.25, 0.3) is 21.7 Å². The first-order chi connectivity index (χ1) is 17.5. The number of phenols is 1. The number of methoxy groups -OCH3 is 1. The number of aromatic nitrogens is 1. The van der Waals surface area contributed by atoms with E-state index in [0.717, 1.165) is 27.4 Å². The molecule has 1 heterocycles. The summed E-state index contributed by atoms with van der Waals surface area (Å²) in [5, 5.41) is 17.1. The average Bonchev–Trinajstić information content (AvgIpc) is 3.25. The van der Waals surface area contributed by atoms with E-state index in [4.69, 9.17) is 4.74 Å². The molecule has 0 bridgehead atoms. The van der Waals surface area contributed by atoms with Gasteiger partial charge in [-0.25, -0.2) is 10.2 Å². The summed E-state index contributed by atoms with van der Waals surface area (Å²) < 4.78 is 6.89. The molecular weight excluding hydrogens is 454 g/mol. The average molecular weight is 478 g/mol. The van der Waals surface area contributed by atoms with Crippen molar-refractivity contribution in [1.29, 1.82) is 0 Å². The molecule has 2 N–H and O–H groups in total. The SMILES string of the molecule is COC(=O)c1cccc(Cn2cc(/C=N/NC(=O)c3ccc4ccccc4c3O)c3ccccc32)c1. The Morgan fingerprint density at radius 2 is 1.75 bits per heavy atom. The molecule has 0 atom stereocenters. The Morgan fingerprint density at radius 3 is 2.58 bits per heavy atom. The first-order valence-electron chi connectivity index (χ1n) is 11.3. The fourth-order valence-corrected chi connectivity index (χ4v) is 4.28. The highest BCUT2D eigenvalue weighted by atomic mass is 16.5. The largest absolute Gasteiger partial charge is 0.506 e. The Kier molecular flexibility index (Phi) is 6.19. The van der Waals surface area contributed by atoms with Crippen molar-refractivity contribution in [3.05, 3.63) is 113 Å². The monoisotopic (exact) mass is 477 g/mol. The highest BCUT2D eigenvalue weighted by Gasteiger charge is 2.14. The van der Waals surface area contributed by atoms with E-state index in [1.54, 1.807) is 30.5 Å². The third-order valence-corrected chi connectivity index (χ3v) is 6.04.